The van der Waals surface area contributed by atoms with Crippen molar-refractivity contribution in [2.45, 2.75) is 105 Å². The summed E-state index contributed by atoms with van der Waals surface area (Å²) in [6, 6.07) is 14.6. The molecule has 0 aromatic heterocycles. The van der Waals surface area contributed by atoms with E-state index in [0.717, 1.165) is 0 Å². The molecule has 0 spiro atoms. The van der Waals surface area contributed by atoms with Gasteiger partial charge in [0.25, 0.3) is 0 Å². The first kappa shape index (κ1) is 23.6. The van der Waals surface area contributed by atoms with Crippen LogP contribution < -0.4 is 4.90 Å². The second-order valence-electron chi connectivity index (χ2n) is 10.6. The van der Waals surface area contributed by atoms with Gasteiger partial charge in [-0.05, 0) is 37.5 Å². The normalized spacial score (nSPS) is 19.3. The standard InChI is InChI=1S/C29H43N2/c1-18(2)24-13-11-14-25(19(3)4)28(24)30-17-31(23(10)22(30)9)29-26(20(5)6)15-12-16-27(29)21(7)8/h11-23H,1-10H3/q+1. The maximum Gasteiger partial charge on any atom is 0.245 e. The first-order valence-corrected chi connectivity index (χ1v) is 12.2. The highest BCUT2D eigenvalue weighted by Gasteiger charge is 2.41. The van der Waals surface area contributed by atoms with Crippen LogP contribution in [0.1, 0.15) is 115 Å². The van der Waals surface area contributed by atoms with Gasteiger partial charge in [-0.25, -0.2) is 9.48 Å². The SMILES string of the molecule is CC(C)c1cccc(C(C)C)c1N1C=[N+](c2c(C(C)C)cccc2C(C)C)C(C)C1C. The molecular weight excluding hydrogens is 376 g/mol. The van der Waals surface area contributed by atoms with Crippen molar-refractivity contribution in [2.24, 2.45) is 0 Å². The zero-order valence-corrected chi connectivity index (χ0v) is 21.4. The lowest BCUT2D eigenvalue weighted by atomic mass is 9.91. The molecule has 1 aliphatic heterocycles. The predicted molar refractivity (Wildman–Crippen MR) is 137 cm³/mol. The fourth-order valence-corrected chi connectivity index (χ4v) is 4.95. The van der Waals surface area contributed by atoms with Gasteiger partial charge in [-0.2, -0.15) is 0 Å². The lowest BCUT2D eigenvalue weighted by Gasteiger charge is -2.24. The van der Waals surface area contributed by atoms with E-state index in [2.05, 4.69) is 121 Å². The van der Waals surface area contributed by atoms with E-state index < -0.39 is 0 Å². The third kappa shape index (κ3) is 4.31. The average Bonchev–Trinajstić information content (AvgIpc) is 3.00. The Hall–Kier alpha value is -2.09. The maximum absolute atomic E-state index is 2.57. The minimum absolute atomic E-state index is 0.401. The van der Waals surface area contributed by atoms with Gasteiger partial charge in [-0.15, -0.1) is 0 Å². The van der Waals surface area contributed by atoms with Gasteiger partial charge in [0.05, 0.1) is 0 Å². The van der Waals surface area contributed by atoms with Crippen LogP contribution in [0.15, 0.2) is 36.4 Å². The molecule has 0 radical (unpaired) electrons. The van der Waals surface area contributed by atoms with Crippen LogP contribution in [-0.4, -0.2) is 23.0 Å². The topological polar surface area (TPSA) is 6.25 Å². The summed E-state index contributed by atoms with van der Waals surface area (Å²) in [5, 5.41) is 0. The van der Waals surface area contributed by atoms with Crippen LogP contribution in [0.25, 0.3) is 0 Å². The number of nitrogens with zero attached hydrogens (tertiary/aromatic N) is 2. The van der Waals surface area contributed by atoms with Crippen LogP contribution in [-0.2, 0) is 0 Å². The highest BCUT2D eigenvalue weighted by atomic mass is 15.3. The average molecular weight is 420 g/mol. The third-order valence-corrected chi connectivity index (χ3v) is 7.03. The smallest absolute Gasteiger partial charge is 0.226 e. The molecule has 2 atom stereocenters. The van der Waals surface area contributed by atoms with Crippen molar-refractivity contribution >= 4 is 17.7 Å². The fraction of sp³-hybridized carbons (Fsp3) is 0.552. The first-order valence-electron chi connectivity index (χ1n) is 12.2. The van der Waals surface area contributed by atoms with E-state index in [1.165, 1.54) is 33.6 Å². The second kappa shape index (κ2) is 9.18. The van der Waals surface area contributed by atoms with Gasteiger partial charge in [0.2, 0.25) is 6.34 Å². The summed E-state index contributed by atoms with van der Waals surface area (Å²) in [5.74, 6) is 1.97. The summed E-state index contributed by atoms with van der Waals surface area (Å²) in [6.07, 6.45) is 2.41. The molecule has 2 unspecified atom stereocenters. The first-order chi connectivity index (χ1) is 14.6. The molecule has 0 amide bonds. The number of benzene rings is 2. The number of rotatable bonds is 6. The Kier molecular flexibility index (Phi) is 6.98. The molecule has 2 aromatic rings. The Morgan fingerprint density at radius 2 is 1.03 bits per heavy atom. The van der Waals surface area contributed by atoms with Gasteiger partial charge in [0.1, 0.15) is 23.5 Å². The Morgan fingerprint density at radius 3 is 1.42 bits per heavy atom. The van der Waals surface area contributed by atoms with E-state index >= 15 is 0 Å². The van der Waals surface area contributed by atoms with Crippen molar-refractivity contribution in [3.8, 4) is 0 Å². The maximum atomic E-state index is 2.57. The van der Waals surface area contributed by atoms with Gasteiger partial charge in [0, 0.05) is 22.3 Å². The van der Waals surface area contributed by atoms with Crippen molar-refractivity contribution in [2.75, 3.05) is 4.90 Å². The van der Waals surface area contributed by atoms with Crippen molar-refractivity contribution in [3.05, 3.63) is 58.7 Å². The molecule has 0 saturated heterocycles. The van der Waals surface area contributed by atoms with Crippen LogP contribution in [0, 0.1) is 0 Å². The molecule has 0 N–H and O–H groups in total. The van der Waals surface area contributed by atoms with Crippen molar-refractivity contribution in [3.63, 3.8) is 0 Å². The molecule has 2 nitrogen and oxygen atoms in total. The van der Waals surface area contributed by atoms with E-state index in [4.69, 9.17) is 0 Å². The van der Waals surface area contributed by atoms with Gasteiger partial charge in [-0.3, -0.25) is 0 Å². The van der Waals surface area contributed by atoms with E-state index in [1.807, 2.05) is 0 Å². The van der Waals surface area contributed by atoms with Gasteiger partial charge < -0.3 is 0 Å². The second-order valence-corrected chi connectivity index (χ2v) is 10.6. The Balaban J connectivity index is 2.26. The lowest BCUT2D eigenvalue weighted by molar-refractivity contribution is -0.469. The minimum atomic E-state index is 0.401. The Morgan fingerprint density at radius 1 is 0.645 bits per heavy atom. The van der Waals surface area contributed by atoms with E-state index in [-0.39, 0.29) is 0 Å². The van der Waals surface area contributed by atoms with Gasteiger partial charge >= 0.3 is 0 Å². The highest BCUT2D eigenvalue weighted by molar-refractivity contribution is 5.84. The van der Waals surface area contributed by atoms with Gasteiger partial charge in [-0.1, -0.05) is 91.8 Å². The number of para-hydroxylation sites is 2. The monoisotopic (exact) mass is 419 g/mol. The molecule has 0 fully saturated rings. The summed E-state index contributed by atoms with van der Waals surface area (Å²) in [4.78, 5) is 2.57. The predicted octanol–water partition coefficient (Wildman–Crippen LogP) is 8.15. The number of hydrogen-bond acceptors (Lipinski definition) is 1. The largest absolute Gasteiger partial charge is 0.245 e. The van der Waals surface area contributed by atoms with Crippen LogP contribution in [0.5, 0.6) is 0 Å². The molecule has 3 rings (SSSR count). The zero-order valence-electron chi connectivity index (χ0n) is 21.4. The molecule has 1 heterocycles. The van der Waals surface area contributed by atoms with Gasteiger partial charge in [0.15, 0.2) is 0 Å². The Bertz CT molecular complexity index is 897. The quantitative estimate of drug-likeness (QED) is 0.428. The van der Waals surface area contributed by atoms with Crippen LogP contribution in [0.4, 0.5) is 11.4 Å². The van der Waals surface area contributed by atoms with Crippen LogP contribution >= 0.6 is 0 Å². The minimum Gasteiger partial charge on any atom is -0.226 e. The summed E-state index contributed by atoms with van der Waals surface area (Å²) in [5.41, 5.74) is 8.63. The van der Waals surface area contributed by atoms with Crippen LogP contribution in [0.2, 0.25) is 0 Å². The lowest BCUT2D eigenvalue weighted by Crippen LogP contribution is -2.35. The molecule has 168 valence electrons. The van der Waals surface area contributed by atoms with Crippen LogP contribution in [0.3, 0.4) is 0 Å². The molecule has 0 aliphatic carbocycles. The molecule has 2 heteroatoms. The number of anilines is 1. The molecule has 31 heavy (non-hydrogen) atoms. The fourth-order valence-electron chi connectivity index (χ4n) is 4.95. The third-order valence-electron chi connectivity index (χ3n) is 7.03. The molecule has 0 bridgehead atoms. The molecular formula is C29H43N2+. The zero-order chi connectivity index (χ0) is 23.0. The van der Waals surface area contributed by atoms with Crippen molar-refractivity contribution in [1.82, 2.24) is 0 Å². The summed E-state index contributed by atoms with van der Waals surface area (Å²) >= 11 is 0. The van der Waals surface area contributed by atoms with Crippen molar-refractivity contribution in [1.29, 1.82) is 0 Å². The summed E-state index contributed by atoms with van der Waals surface area (Å²) in [7, 11) is 0. The molecule has 1 aliphatic rings. The number of hydrogen-bond donors (Lipinski definition) is 0. The molecule has 0 saturated carbocycles. The van der Waals surface area contributed by atoms with E-state index in [1.54, 1.807) is 0 Å². The molecule has 2 aromatic carbocycles. The Labute approximate surface area is 191 Å². The summed E-state index contributed by atoms with van der Waals surface area (Å²) < 4.78 is 2.57. The van der Waals surface area contributed by atoms with E-state index in [9.17, 15) is 0 Å². The highest BCUT2D eigenvalue weighted by Crippen LogP contribution is 2.41. The van der Waals surface area contributed by atoms with E-state index in [0.29, 0.717) is 35.8 Å². The summed E-state index contributed by atoms with van der Waals surface area (Å²) in [6.45, 7) is 23.3. The van der Waals surface area contributed by atoms with Crippen molar-refractivity contribution < 1.29 is 4.58 Å².